The van der Waals surface area contributed by atoms with E-state index in [0.29, 0.717) is 0 Å². The Bertz CT molecular complexity index is 377. The molecule has 2 aliphatic carbocycles. The Kier molecular flexibility index (Phi) is 3.47. The normalized spacial score (nSPS) is 22.5. The Morgan fingerprint density at radius 2 is 1.88 bits per heavy atom. The topological polar surface area (TPSA) is 73.2 Å². The second-order valence-corrected chi connectivity index (χ2v) is 6.19. The van der Waals surface area contributed by atoms with Gasteiger partial charge in [-0.3, -0.25) is 0 Å². The van der Waals surface area contributed by atoms with Gasteiger partial charge in [0.15, 0.2) is 0 Å². The quantitative estimate of drug-likeness (QED) is 0.724. The van der Waals surface area contributed by atoms with E-state index < -0.39 is 10.2 Å². The van der Waals surface area contributed by atoms with E-state index in [1.54, 1.807) is 0 Å². The molecule has 0 radical (unpaired) electrons. The molecule has 1 N–H and O–H groups in total. The zero-order valence-corrected chi connectivity index (χ0v) is 10.0. The summed E-state index contributed by atoms with van der Waals surface area (Å²) in [6.45, 7) is -0.0350. The number of rotatable bonds is 5. The summed E-state index contributed by atoms with van der Waals surface area (Å²) in [5.41, 5.74) is 0. The minimum Gasteiger partial charge on any atom is -0.199 e. The van der Waals surface area contributed by atoms with Crippen molar-refractivity contribution in [3.8, 4) is 6.07 Å². The smallest absolute Gasteiger partial charge is 0.199 e. The molecule has 16 heavy (non-hydrogen) atoms. The third kappa shape index (κ3) is 2.73. The highest BCUT2D eigenvalue weighted by atomic mass is 32.2. The lowest BCUT2D eigenvalue weighted by atomic mass is 10.2. The van der Waals surface area contributed by atoms with E-state index in [2.05, 4.69) is 4.72 Å². The van der Waals surface area contributed by atoms with Gasteiger partial charge in [0.1, 0.15) is 6.54 Å². The summed E-state index contributed by atoms with van der Waals surface area (Å²) in [6, 6.07) is 2.08. The lowest BCUT2D eigenvalue weighted by Gasteiger charge is -2.25. The van der Waals surface area contributed by atoms with Gasteiger partial charge in [-0.2, -0.15) is 22.7 Å². The van der Waals surface area contributed by atoms with Crippen LogP contribution in [0.15, 0.2) is 0 Å². The van der Waals surface area contributed by atoms with Gasteiger partial charge in [0.25, 0.3) is 10.2 Å². The average molecular weight is 243 g/mol. The van der Waals surface area contributed by atoms with Gasteiger partial charge in [-0.1, -0.05) is 12.8 Å². The number of nitriles is 1. The molecule has 0 aliphatic heterocycles. The van der Waals surface area contributed by atoms with Gasteiger partial charge in [-0.25, -0.2) is 0 Å². The molecule has 0 aromatic heterocycles. The standard InChI is InChI=1S/C10H17N3O2S/c11-7-8-13(10-3-1-2-4-10)16(14,15)12-9-5-6-9/h9-10,12H,1-6,8H2. The molecule has 6 heteroatoms. The maximum Gasteiger partial charge on any atom is 0.280 e. The van der Waals surface area contributed by atoms with Gasteiger partial charge < -0.3 is 0 Å². The highest BCUT2D eigenvalue weighted by molar-refractivity contribution is 7.87. The maximum atomic E-state index is 12.0. The minimum absolute atomic E-state index is 0.0240. The Morgan fingerprint density at radius 3 is 2.38 bits per heavy atom. The fourth-order valence-corrected chi connectivity index (χ4v) is 3.78. The summed E-state index contributed by atoms with van der Waals surface area (Å²) in [7, 11) is -3.44. The second-order valence-electron chi connectivity index (χ2n) is 4.54. The molecule has 2 aliphatic rings. The van der Waals surface area contributed by atoms with E-state index in [1.165, 1.54) is 4.31 Å². The molecule has 90 valence electrons. The predicted molar refractivity (Wildman–Crippen MR) is 59.7 cm³/mol. The Morgan fingerprint density at radius 1 is 1.25 bits per heavy atom. The van der Waals surface area contributed by atoms with Crippen LogP contribution in [0.2, 0.25) is 0 Å². The van der Waals surface area contributed by atoms with Crippen LogP contribution < -0.4 is 4.72 Å². The number of hydrogen-bond acceptors (Lipinski definition) is 3. The summed E-state index contributed by atoms with van der Waals surface area (Å²) < 4.78 is 28.0. The predicted octanol–water partition coefficient (Wildman–Crippen LogP) is 0.751. The van der Waals surface area contributed by atoms with Crippen molar-refractivity contribution in [2.45, 2.75) is 50.6 Å². The Balaban J connectivity index is 2.07. The molecule has 2 saturated carbocycles. The van der Waals surface area contributed by atoms with Crippen molar-refractivity contribution in [2.24, 2.45) is 0 Å². The lowest BCUT2D eigenvalue weighted by Crippen LogP contribution is -2.46. The van der Waals surface area contributed by atoms with Crippen molar-refractivity contribution in [3.63, 3.8) is 0 Å². The largest absolute Gasteiger partial charge is 0.280 e. The summed E-state index contributed by atoms with van der Waals surface area (Å²) in [5.74, 6) is 0. The fourth-order valence-electron chi connectivity index (χ4n) is 2.15. The first-order chi connectivity index (χ1) is 7.63. The minimum atomic E-state index is -3.44. The summed E-state index contributed by atoms with van der Waals surface area (Å²) in [5, 5.41) is 8.73. The maximum absolute atomic E-state index is 12.0. The van der Waals surface area contributed by atoms with Crippen molar-refractivity contribution in [3.05, 3.63) is 0 Å². The van der Waals surface area contributed by atoms with Crippen molar-refractivity contribution in [2.75, 3.05) is 6.54 Å². The van der Waals surface area contributed by atoms with Crippen LogP contribution in [0.3, 0.4) is 0 Å². The van der Waals surface area contributed by atoms with E-state index in [0.717, 1.165) is 38.5 Å². The van der Waals surface area contributed by atoms with E-state index in [-0.39, 0.29) is 18.6 Å². The first-order valence-electron chi connectivity index (χ1n) is 5.79. The van der Waals surface area contributed by atoms with E-state index in [1.807, 2.05) is 6.07 Å². The molecule has 0 saturated heterocycles. The molecule has 5 nitrogen and oxygen atoms in total. The first-order valence-corrected chi connectivity index (χ1v) is 7.23. The van der Waals surface area contributed by atoms with E-state index in [4.69, 9.17) is 5.26 Å². The van der Waals surface area contributed by atoms with Crippen molar-refractivity contribution < 1.29 is 8.42 Å². The molecule has 0 aromatic carbocycles. The molecule has 0 aromatic rings. The van der Waals surface area contributed by atoms with Crippen LogP contribution >= 0.6 is 0 Å². The van der Waals surface area contributed by atoms with Crippen molar-refractivity contribution in [1.29, 1.82) is 5.26 Å². The lowest BCUT2D eigenvalue weighted by molar-refractivity contribution is 0.344. The Labute approximate surface area is 96.6 Å². The molecule has 0 spiro atoms. The first kappa shape index (κ1) is 11.8. The summed E-state index contributed by atoms with van der Waals surface area (Å²) >= 11 is 0. The number of hydrogen-bond donors (Lipinski definition) is 1. The molecule has 0 unspecified atom stereocenters. The fraction of sp³-hybridized carbons (Fsp3) is 0.900. The SMILES string of the molecule is N#CCN(C1CCCC1)S(=O)(=O)NC1CC1. The van der Waals surface area contributed by atoms with Gasteiger partial charge in [0.05, 0.1) is 6.07 Å². The molecular weight excluding hydrogens is 226 g/mol. The third-order valence-corrected chi connectivity index (χ3v) is 4.84. The number of nitrogens with zero attached hydrogens (tertiary/aromatic N) is 2. The van der Waals surface area contributed by atoms with Crippen LogP contribution in [0.25, 0.3) is 0 Å². The van der Waals surface area contributed by atoms with Crippen LogP contribution in [0.4, 0.5) is 0 Å². The molecule has 0 heterocycles. The van der Waals surface area contributed by atoms with Gasteiger partial charge in [0.2, 0.25) is 0 Å². The van der Waals surface area contributed by atoms with Crippen molar-refractivity contribution >= 4 is 10.2 Å². The zero-order chi connectivity index (χ0) is 11.6. The van der Waals surface area contributed by atoms with Gasteiger partial charge in [0, 0.05) is 12.1 Å². The van der Waals surface area contributed by atoms with Gasteiger partial charge in [-0.15, -0.1) is 0 Å². The zero-order valence-electron chi connectivity index (χ0n) is 9.22. The van der Waals surface area contributed by atoms with Crippen LogP contribution in [-0.2, 0) is 10.2 Å². The second kappa shape index (κ2) is 4.70. The van der Waals surface area contributed by atoms with Crippen LogP contribution in [-0.4, -0.2) is 31.4 Å². The molecule has 2 fully saturated rings. The monoisotopic (exact) mass is 243 g/mol. The third-order valence-electron chi connectivity index (χ3n) is 3.16. The number of nitrogens with one attached hydrogen (secondary N) is 1. The molecule has 0 atom stereocenters. The molecule has 0 amide bonds. The molecular formula is C10H17N3O2S. The highest BCUT2D eigenvalue weighted by Gasteiger charge is 2.35. The van der Waals surface area contributed by atoms with Crippen molar-refractivity contribution in [1.82, 2.24) is 9.03 Å². The van der Waals surface area contributed by atoms with Gasteiger partial charge in [-0.05, 0) is 25.7 Å². The summed E-state index contributed by atoms with van der Waals surface area (Å²) in [4.78, 5) is 0. The summed E-state index contributed by atoms with van der Waals surface area (Å²) in [6.07, 6.45) is 5.73. The van der Waals surface area contributed by atoms with E-state index >= 15 is 0 Å². The van der Waals surface area contributed by atoms with Crippen LogP contribution in [0, 0.1) is 11.3 Å². The van der Waals surface area contributed by atoms with Crippen LogP contribution in [0.5, 0.6) is 0 Å². The Hall–Kier alpha value is -0.640. The van der Waals surface area contributed by atoms with E-state index in [9.17, 15) is 8.42 Å². The van der Waals surface area contributed by atoms with Gasteiger partial charge >= 0.3 is 0 Å². The van der Waals surface area contributed by atoms with Crippen LogP contribution in [0.1, 0.15) is 38.5 Å². The highest BCUT2D eigenvalue weighted by Crippen LogP contribution is 2.27. The molecule has 0 bridgehead atoms. The molecule has 2 rings (SSSR count). The average Bonchev–Trinajstić information content (AvgIpc) is 2.86.